The number of amides is 1. The number of likely N-dealkylation sites (tertiary alicyclic amines) is 1. The fraction of sp³-hybridized carbons (Fsp3) is 0.923. The van der Waals surface area contributed by atoms with Crippen LogP contribution in [0.15, 0.2) is 0 Å². The van der Waals surface area contributed by atoms with Crippen molar-refractivity contribution in [1.29, 1.82) is 0 Å². The standard InChI is InChI=1S/C13H23NO2/c1-13(16)6-8-14(9-7-13)12(15)10-11-4-2-3-5-11/h11,16H,2-10H2,1H3. The van der Waals surface area contributed by atoms with Gasteiger partial charge in [-0.2, -0.15) is 0 Å². The van der Waals surface area contributed by atoms with Crippen LogP contribution in [0.3, 0.4) is 0 Å². The number of hydrogen-bond acceptors (Lipinski definition) is 2. The summed E-state index contributed by atoms with van der Waals surface area (Å²) >= 11 is 0. The van der Waals surface area contributed by atoms with Gasteiger partial charge in [-0.15, -0.1) is 0 Å². The fourth-order valence-corrected chi connectivity index (χ4v) is 2.83. The van der Waals surface area contributed by atoms with Crippen LogP contribution in [-0.4, -0.2) is 34.6 Å². The van der Waals surface area contributed by atoms with Gasteiger partial charge in [0.2, 0.25) is 5.91 Å². The van der Waals surface area contributed by atoms with Crippen molar-refractivity contribution >= 4 is 5.91 Å². The van der Waals surface area contributed by atoms with Crippen molar-refractivity contribution < 1.29 is 9.90 Å². The van der Waals surface area contributed by atoms with E-state index in [1.807, 2.05) is 11.8 Å². The fourth-order valence-electron chi connectivity index (χ4n) is 2.83. The van der Waals surface area contributed by atoms with Crippen molar-refractivity contribution in [1.82, 2.24) is 4.90 Å². The zero-order chi connectivity index (χ0) is 11.6. The molecule has 1 aliphatic carbocycles. The molecule has 1 saturated carbocycles. The van der Waals surface area contributed by atoms with E-state index < -0.39 is 5.60 Å². The van der Waals surface area contributed by atoms with Crippen LogP contribution in [0.2, 0.25) is 0 Å². The number of aliphatic hydroxyl groups is 1. The Bertz CT molecular complexity index is 247. The van der Waals surface area contributed by atoms with E-state index >= 15 is 0 Å². The molecule has 16 heavy (non-hydrogen) atoms. The minimum Gasteiger partial charge on any atom is -0.390 e. The van der Waals surface area contributed by atoms with Gasteiger partial charge in [-0.05, 0) is 38.5 Å². The summed E-state index contributed by atoms with van der Waals surface area (Å²) in [6.45, 7) is 3.34. The highest BCUT2D eigenvalue weighted by Crippen LogP contribution is 2.29. The first-order valence-electron chi connectivity index (χ1n) is 6.57. The molecule has 2 aliphatic rings. The van der Waals surface area contributed by atoms with E-state index in [1.54, 1.807) is 0 Å². The van der Waals surface area contributed by atoms with Gasteiger partial charge in [-0.3, -0.25) is 4.79 Å². The summed E-state index contributed by atoms with van der Waals surface area (Å²) in [5.74, 6) is 0.942. The van der Waals surface area contributed by atoms with Gasteiger partial charge < -0.3 is 10.0 Å². The molecule has 1 amide bonds. The molecule has 0 radical (unpaired) electrons. The Morgan fingerprint density at radius 2 is 1.88 bits per heavy atom. The zero-order valence-electron chi connectivity index (χ0n) is 10.2. The molecule has 2 fully saturated rings. The second-order valence-corrected chi connectivity index (χ2v) is 5.73. The summed E-state index contributed by atoms with van der Waals surface area (Å²) in [4.78, 5) is 14.0. The molecule has 0 spiro atoms. The van der Waals surface area contributed by atoms with Crippen molar-refractivity contribution in [3.8, 4) is 0 Å². The van der Waals surface area contributed by atoms with Gasteiger partial charge >= 0.3 is 0 Å². The van der Waals surface area contributed by atoms with Gasteiger partial charge in [0.25, 0.3) is 0 Å². The van der Waals surface area contributed by atoms with Crippen molar-refractivity contribution in [3.63, 3.8) is 0 Å². The monoisotopic (exact) mass is 225 g/mol. The normalized spacial score (nSPS) is 26.0. The molecule has 3 nitrogen and oxygen atoms in total. The van der Waals surface area contributed by atoms with E-state index in [0.29, 0.717) is 11.8 Å². The van der Waals surface area contributed by atoms with Crippen LogP contribution in [0.4, 0.5) is 0 Å². The van der Waals surface area contributed by atoms with E-state index in [1.165, 1.54) is 25.7 Å². The minimum absolute atomic E-state index is 0.308. The molecule has 1 aliphatic heterocycles. The quantitative estimate of drug-likeness (QED) is 0.780. The lowest BCUT2D eigenvalue weighted by Gasteiger charge is -2.36. The number of hydrogen-bond donors (Lipinski definition) is 1. The van der Waals surface area contributed by atoms with Crippen LogP contribution in [0.1, 0.15) is 51.9 Å². The first-order chi connectivity index (χ1) is 7.57. The summed E-state index contributed by atoms with van der Waals surface area (Å²) in [6, 6.07) is 0. The van der Waals surface area contributed by atoms with Crippen molar-refractivity contribution in [3.05, 3.63) is 0 Å². The van der Waals surface area contributed by atoms with E-state index in [4.69, 9.17) is 0 Å². The molecule has 0 unspecified atom stereocenters. The molecule has 0 aromatic heterocycles. The molecule has 1 heterocycles. The molecule has 0 aromatic carbocycles. The van der Waals surface area contributed by atoms with E-state index in [0.717, 1.165) is 32.4 Å². The molecule has 2 rings (SSSR count). The molecular formula is C13H23NO2. The minimum atomic E-state index is -0.551. The lowest BCUT2D eigenvalue weighted by atomic mass is 9.93. The van der Waals surface area contributed by atoms with Crippen molar-refractivity contribution in [2.45, 2.75) is 57.5 Å². The highest BCUT2D eigenvalue weighted by atomic mass is 16.3. The number of carbonyl (C=O) groups is 1. The van der Waals surface area contributed by atoms with Crippen LogP contribution in [0, 0.1) is 5.92 Å². The molecule has 1 N–H and O–H groups in total. The molecular weight excluding hydrogens is 202 g/mol. The maximum atomic E-state index is 12.0. The van der Waals surface area contributed by atoms with E-state index in [-0.39, 0.29) is 0 Å². The summed E-state index contributed by atoms with van der Waals surface area (Å²) in [5, 5.41) is 9.82. The van der Waals surface area contributed by atoms with E-state index in [2.05, 4.69) is 0 Å². The number of carbonyl (C=O) groups excluding carboxylic acids is 1. The predicted octanol–water partition coefficient (Wildman–Crippen LogP) is 1.94. The van der Waals surface area contributed by atoms with Crippen LogP contribution >= 0.6 is 0 Å². The van der Waals surface area contributed by atoms with Gasteiger partial charge in [-0.25, -0.2) is 0 Å². The number of rotatable bonds is 2. The largest absolute Gasteiger partial charge is 0.390 e. The average Bonchev–Trinajstić information content (AvgIpc) is 2.70. The molecule has 0 aromatic rings. The first kappa shape index (κ1) is 11.9. The Labute approximate surface area is 97.8 Å². The van der Waals surface area contributed by atoms with Crippen LogP contribution in [-0.2, 0) is 4.79 Å². The lowest BCUT2D eigenvalue weighted by Crippen LogP contribution is -2.45. The van der Waals surface area contributed by atoms with Crippen LogP contribution in [0.25, 0.3) is 0 Å². The molecule has 1 saturated heterocycles. The first-order valence-corrected chi connectivity index (χ1v) is 6.57. The maximum Gasteiger partial charge on any atom is 0.222 e. The number of piperidine rings is 1. The topological polar surface area (TPSA) is 40.5 Å². The van der Waals surface area contributed by atoms with Gasteiger partial charge in [0, 0.05) is 19.5 Å². The third-order valence-electron chi connectivity index (χ3n) is 4.13. The lowest BCUT2D eigenvalue weighted by molar-refractivity contribution is -0.135. The second-order valence-electron chi connectivity index (χ2n) is 5.73. The summed E-state index contributed by atoms with van der Waals surface area (Å²) in [6.07, 6.45) is 7.25. The van der Waals surface area contributed by atoms with Crippen LogP contribution in [0.5, 0.6) is 0 Å². The Morgan fingerprint density at radius 3 is 2.44 bits per heavy atom. The van der Waals surface area contributed by atoms with Gasteiger partial charge in [0.05, 0.1) is 5.60 Å². The average molecular weight is 225 g/mol. The molecule has 3 heteroatoms. The molecule has 0 atom stereocenters. The summed E-state index contributed by atoms with van der Waals surface area (Å²) in [5.41, 5.74) is -0.551. The van der Waals surface area contributed by atoms with Crippen molar-refractivity contribution in [2.24, 2.45) is 5.92 Å². The molecule has 0 bridgehead atoms. The predicted molar refractivity (Wildman–Crippen MR) is 63.0 cm³/mol. The third-order valence-corrected chi connectivity index (χ3v) is 4.13. The van der Waals surface area contributed by atoms with E-state index in [9.17, 15) is 9.90 Å². The number of nitrogens with zero attached hydrogens (tertiary/aromatic N) is 1. The Kier molecular flexibility index (Phi) is 3.53. The zero-order valence-corrected chi connectivity index (χ0v) is 10.2. The third kappa shape index (κ3) is 2.97. The Hall–Kier alpha value is -0.570. The smallest absolute Gasteiger partial charge is 0.222 e. The molecule has 92 valence electrons. The highest BCUT2D eigenvalue weighted by Gasteiger charge is 2.30. The van der Waals surface area contributed by atoms with Crippen LogP contribution < -0.4 is 0 Å². The second kappa shape index (κ2) is 4.74. The Balaban J connectivity index is 1.77. The summed E-state index contributed by atoms with van der Waals surface area (Å²) < 4.78 is 0. The SMILES string of the molecule is CC1(O)CCN(C(=O)CC2CCCC2)CC1. The highest BCUT2D eigenvalue weighted by molar-refractivity contribution is 5.76. The Morgan fingerprint density at radius 1 is 1.31 bits per heavy atom. The van der Waals surface area contributed by atoms with Gasteiger partial charge in [0.1, 0.15) is 0 Å². The maximum absolute atomic E-state index is 12.0. The summed E-state index contributed by atoms with van der Waals surface area (Å²) in [7, 11) is 0. The van der Waals surface area contributed by atoms with Gasteiger partial charge in [0.15, 0.2) is 0 Å². The van der Waals surface area contributed by atoms with Crippen molar-refractivity contribution in [2.75, 3.05) is 13.1 Å². The van der Waals surface area contributed by atoms with Gasteiger partial charge in [-0.1, -0.05) is 12.8 Å².